The van der Waals surface area contributed by atoms with Crippen LogP contribution < -0.4 is 16.2 Å². The van der Waals surface area contributed by atoms with E-state index >= 15 is 0 Å². The van der Waals surface area contributed by atoms with Crippen LogP contribution >= 0.6 is 12.4 Å². The molecule has 0 bridgehead atoms. The SMILES string of the molecule is COc1ccc(S(=O)(=O)N2CC3CCCC(N)C3C2)cc1C(N)=O.Cl. The van der Waals surface area contributed by atoms with E-state index in [2.05, 4.69) is 0 Å². The van der Waals surface area contributed by atoms with Gasteiger partial charge in [-0.1, -0.05) is 6.42 Å². The number of carbonyl (C=O) groups is 1. The molecular formula is C16H24ClN3O4S. The first-order valence-electron chi connectivity index (χ1n) is 8.08. The van der Waals surface area contributed by atoms with Crippen LogP contribution in [0, 0.1) is 11.8 Å². The highest BCUT2D eigenvalue weighted by molar-refractivity contribution is 7.89. The van der Waals surface area contributed by atoms with Crippen molar-refractivity contribution in [3.05, 3.63) is 23.8 Å². The topological polar surface area (TPSA) is 116 Å². The van der Waals surface area contributed by atoms with Crippen molar-refractivity contribution < 1.29 is 17.9 Å². The fourth-order valence-corrected chi connectivity index (χ4v) is 5.42. The minimum absolute atomic E-state index is 0. The summed E-state index contributed by atoms with van der Waals surface area (Å²) in [6, 6.07) is 4.25. The van der Waals surface area contributed by atoms with Crippen molar-refractivity contribution in [2.75, 3.05) is 20.2 Å². The Balaban J connectivity index is 0.00000225. The van der Waals surface area contributed by atoms with Crippen molar-refractivity contribution >= 4 is 28.3 Å². The van der Waals surface area contributed by atoms with Gasteiger partial charge in [0, 0.05) is 19.1 Å². The van der Waals surface area contributed by atoms with Crippen molar-refractivity contribution in [3.8, 4) is 5.75 Å². The highest BCUT2D eigenvalue weighted by Gasteiger charge is 2.43. The first-order valence-corrected chi connectivity index (χ1v) is 9.52. The summed E-state index contributed by atoms with van der Waals surface area (Å²) in [5.41, 5.74) is 11.6. The monoisotopic (exact) mass is 389 g/mol. The van der Waals surface area contributed by atoms with Gasteiger partial charge in [0.1, 0.15) is 5.75 Å². The van der Waals surface area contributed by atoms with E-state index in [1.165, 1.54) is 29.6 Å². The molecule has 3 rings (SSSR count). The molecular weight excluding hydrogens is 366 g/mol. The van der Waals surface area contributed by atoms with Gasteiger partial charge < -0.3 is 16.2 Å². The highest BCUT2D eigenvalue weighted by Crippen LogP contribution is 2.38. The molecule has 1 saturated heterocycles. The lowest BCUT2D eigenvalue weighted by Crippen LogP contribution is -2.38. The summed E-state index contributed by atoms with van der Waals surface area (Å²) in [6.07, 6.45) is 3.01. The number of ether oxygens (including phenoxy) is 1. The second-order valence-corrected chi connectivity index (χ2v) is 8.50. The van der Waals surface area contributed by atoms with Gasteiger partial charge in [-0.3, -0.25) is 4.79 Å². The molecule has 0 spiro atoms. The summed E-state index contributed by atoms with van der Waals surface area (Å²) in [5, 5.41) is 0. The van der Waals surface area contributed by atoms with Crippen LogP contribution in [0.2, 0.25) is 0 Å². The Hall–Kier alpha value is -1.35. The highest BCUT2D eigenvalue weighted by atomic mass is 35.5. The summed E-state index contributed by atoms with van der Waals surface area (Å²) in [6.45, 7) is 0.921. The number of amides is 1. The largest absolute Gasteiger partial charge is 0.496 e. The van der Waals surface area contributed by atoms with Crippen molar-refractivity contribution in [2.45, 2.75) is 30.2 Å². The standard InChI is InChI=1S/C16H23N3O4S.ClH/c1-23-15-6-5-11(7-12(15)16(18)20)24(21,22)19-8-10-3-2-4-14(17)13(10)9-19;/h5-7,10,13-14H,2-4,8-9,17H2,1H3,(H2,18,20);1H. The predicted octanol–water partition coefficient (Wildman–Crippen LogP) is 0.964. The summed E-state index contributed by atoms with van der Waals surface area (Å²) in [4.78, 5) is 11.6. The third-order valence-corrected chi connectivity index (χ3v) is 7.02. The first-order chi connectivity index (χ1) is 11.3. The number of nitrogens with two attached hydrogens (primary N) is 2. The van der Waals surface area contributed by atoms with Crippen LogP contribution in [-0.2, 0) is 10.0 Å². The number of hydrogen-bond donors (Lipinski definition) is 2. The van der Waals surface area contributed by atoms with E-state index in [0.717, 1.165) is 19.3 Å². The van der Waals surface area contributed by atoms with Gasteiger partial charge >= 0.3 is 0 Å². The smallest absolute Gasteiger partial charge is 0.252 e. The number of hydrogen-bond acceptors (Lipinski definition) is 5. The molecule has 7 nitrogen and oxygen atoms in total. The van der Waals surface area contributed by atoms with Gasteiger partial charge in [-0.2, -0.15) is 4.31 Å². The molecule has 1 aliphatic carbocycles. The number of benzene rings is 1. The second kappa shape index (κ2) is 7.49. The third kappa shape index (κ3) is 3.62. The molecule has 1 aliphatic heterocycles. The molecule has 0 aromatic heterocycles. The van der Waals surface area contributed by atoms with Gasteiger partial charge in [0.2, 0.25) is 10.0 Å². The fraction of sp³-hybridized carbons (Fsp3) is 0.562. The number of methoxy groups -OCH3 is 1. The molecule has 4 N–H and O–H groups in total. The maximum Gasteiger partial charge on any atom is 0.252 e. The average Bonchev–Trinajstić information content (AvgIpc) is 3.00. The van der Waals surface area contributed by atoms with Gasteiger partial charge in [-0.05, 0) is 42.9 Å². The Morgan fingerprint density at radius 1 is 1.28 bits per heavy atom. The van der Waals surface area contributed by atoms with Gasteiger partial charge in [-0.25, -0.2) is 8.42 Å². The van der Waals surface area contributed by atoms with Crippen molar-refractivity contribution in [1.82, 2.24) is 4.31 Å². The van der Waals surface area contributed by atoms with Crippen molar-refractivity contribution in [2.24, 2.45) is 23.3 Å². The Morgan fingerprint density at radius 2 is 2.00 bits per heavy atom. The van der Waals surface area contributed by atoms with E-state index in [1.54, 1.807) is 0 Å². The Kier molecular flexibility index (Phi) is 5.98. The molecule has 1 aromatic carbocycles. The summed E-state index contributed by atoms with van der Waals surface area (Å²) in [5.74, 6) is 0.0688. The van der Waals surface area contributed by atoms with E-state index in [4.69, 9.17) is 16.2 Å². The zero-order chi connectivity index (χ0) is 17.5. The van der Waals surface area contributed by atoms with Gasteiger partial charge in [-0.15, -0.1) is 12.4 Å². The molecule has 9 heteroatoms. The lowest BCUT2D eigenvalue weighted by molar-refractivity contribution is 0.0997. The second-order valence-electron chi connectivity index (χ2n) is 6.57. The molecule has 1 amide bonds. The lowest BCUT2D eigenvalue weighted by atomic mass is 9.78. The number of carbonyl (C=O) groups excluding carboxylic acids is 1. The summed E-state index contributed by atoms with van der Waals surface area (Å²) >= 11 is 0. The van der Waals surface area contributed by atoms with Crippen LogP contribution in [0.3, 0.4) is 0 Å². The molecule has 3 unspecified atom stereocenters. The summed E-state index contributed by atoms with van der Waals surface area (Å²) < 4.78 is 32.5. The minimum atomic E-state index is -3.69. The van der Waals surface area contributed by atoms with E-state index in [1.807, 2.05) is 0 Å². The molecule has 25 heavy (non-hydrogen) atoms. The van der Waals surface area contributed by atoms with Crippen LogP contribution in [-0.4, -0.2) is 44.9 Å². The van der Waals surface area contributed by atoms with E-state index < -0.39 is 15.9 Å². The Labute approximate surface area is 154 Å². The average molecular weight is 390 g/mol. The maximum atomic E-state index is 13.0. The third-order valence-electron chi connectivity index (χ3n) is 5.19. The Bertz CT molecular complexity index is 756. The lowest BCUT2D eigenvalue weighted by Gasteiger charge is -2.29. The predicted molar refractivity (Wildman–Crippen MR) is 96.3 cm³/mol. The van der Waals surface area contributed by atoms with Crippen LogP contribution in [0.4, 0.5) is 0 Å². The number of rotatable bonds is 4. The molecule has 1 heterocycles. The van der Waals surface area contributed by atoms with Crippen LogP contribution in [0.15, 0.2) is 23.1 Å². The minimum Gasteiger partial charge on any atom is -0.496 e. The summed E-state index contributed by atoms with van der Waals surface area (Å²) in [7, 11) is -2.28. The molecule has 2 aliphatic rings. The number of nitrogens with zero attached hydrogens (tertiary/aromatic N) is 1. The van der Waals surface area contributed by atoms with Crippen LogP contribution in [0.25, 0.3) is 0 Å². The van der Waals surface area contributed by atoms with Crippen molar-refractivity contribution in [1.29, 1.82) is 0 Å². The number of sulfonamides is 1. The van der Waals surface area contributed by atoms with Gasteiger partial charge in [0.15, 0.2) is 0 Å². The molecule has 1 aromatic rings. The molecule has 140 valence electrons. The quantitative estimate of drug-likeness (QED) is 0.795. The van der Waals surface area contributed by atoms with Crippen LogP contribution in [0.1, 0.15) is 29.6 Å². The van der Waals surface area contributed by atoms with Gasteiger partial charge in [0.05, 0.1) is 17.6 Å². The molecule has 0 radical (unpaired) electrons. The fourth-order valence-electron chi connectivity index (χ4n) is 3.86. The number of primary amides is 1. The normalized spacial score (nSPS) is 26.6. The van der Waals surface area contributed by atoms with Crippen molar-refractivity contribution in [3.63, 3.8) is 0 Å². The van der Waals surface area contributed by atoms with Crippen LogP contribution in [0.5, 0.6) is 5.75 Å². The Morgan fingerprint density at radius 3 is 2.60 bits per heavy atom. The zero-order valence-corrected chi connectivity index (χ0v) is 15.7. The van der Waals surface area contributed by atoms with Gasteiger partial charge in [0.25, 0.3) is 5.91 Å². The molecule has 1 saturated carbocycles. The molecule has 3 atom stereocenters. The number of fused-ring (bicyclic) bond motifs is 1. The zero-order valence-electron chi connectivity index (χ0n) is 14.1. The number of halogens is 1. The maximum absolute atomic E-state index is 13.0. The van der Waals surface area contributed by atoms with E-state index in [9.17, 15) is 13.2 Å². The van der Waals surface area contributed by atoms with E-state index in [0.29, 0.717) is 19.0 Å². The first kappa shape index (κ1) is 20.0. The molecule has 2 fully saturated rings. The van der Waals surface area contributed by atoms with E-state index in [-0.39, 0.29) is 40.6 Å².